The molecule has 146 valence electrons. The minimum Gasteiger partial charge on any atom is -0.497 e. The van der Waals surface area contributed by atoms with Crippen LogP contribution in [0.3, 0.4) is 0 Å². The highest BCUT2D eigenvalue weighted by atomic mass is 16.5. The fourth-order valence-corrected chi connectivity index (χ4v) is 3.09. The van der Waals surface area contributed by atoms with Crippen molar-refractivity contribution in [2.24, 2.45) is 0 Å². The number of benzene rings is 1. The quantitative estimate of drug-likeness (QED) is 0.767. The zero-order valence-corrected chi connectivity index (χ0v) is 15.9. The van der Waals surface area contributed by atoms with E-state index in [2.05, 4.69) is 10.5 Å². The Balaban J connectivity index is 1.70. The number of amides is 2. The van der Waals surface area contributed by atoms with Crippen LogP contribution < -0.4 is 10.1 Å². The van der Waals surface area contributed by atoms with Crippen LogP contribution >= 0.6 is 0 Å². The second-order valence-electron chi connectivity index (χ2n) is 6.66. The monoisotopic (exact) mass is 373 g/mol. The van der Waals surface area contributed by atoms with Crippen LogP contribution in [-0.4, -0.2) is 49.0 Å². The molecule has 0 radical (unpaired) electrons. The minimum atomic E-state index is -0.0988. The van der Waals surface area contributed by atoms with Crippen LogP contribution in [0.25, 0.3) is 11.3 Å². The summed E-state index contributed by atoms with van der Waals surface area (Å²) >= 11 is 0. The molecule has 1 saturated heterocycles. The van der Waals surface area contributed by atoms with E-state index in [0.29, 0.717) is 31.1 Å². The van der Waals surface area contributed by atoms with Gasteiger partial charge in [0.2, 0.25) is 0 Å². The van der Waals surface area contributed by atoms with Gasteiger partial charge < -0.3 is 24.2 Å². The molecule has 1 aromatic carbocycles. The summed E-state index contributed by atoms with van der Waals surface area (Å²) in [5.74, 6) is 1.40. The van der Waals surface area contributed by atoms with Crippen LogP contribution in [0.2, 0.25) is 0 Å². The first kappa shape index (κ1) is 19.2. The summed E-state index contributed by atoms with van der Waals surface area (Å²) in [5.41, 5.74) is 1.59. The summed E-state index contributed by atoms with van der Waals surface area (Å²) in [5, 5.41) is 7.08. The van der Waals surface area contributed by atoms with Gasteiger partial charge in [-0.1, -0.05) is 24.2 Å². The fraction of sp³-hybridized carbons (Fsp3) is 0.500. The first-order valence-electron chi connectivity index (χ1n) is 9.44. The summed E-state index contributed by atoms with van der Waals surface area (Å²) in [6.45, 7) is 4.37. The molecule has 2 heterocycles. The van der Waals surface area contributed by atoms with Crippen molar-refractivity contribution in [2.75, 3.05) is 26.8 Å². The first-order chi connectivity index (χ1) is 13.2. The summed E-state index contributed by atoms with van der Waals surface area (Å²) in [4.78, 5) is 14.3. The average molecular weight is 373 g/mol. The van der Waals surface area contributed by atoms with Gasteiger partial charge >= 0.3 is 6.03 Å². The number of hydrogen-bond donors (Lipinski definition) is 1. The molecule has 7 heteroatoms. The lowest BCUT2D eigenvalue weighted by atomic mass is 10.1. The van der Waals surface area contributed by atoms with E-state index in [0.717, 1.165) is 37.2 Å². The first-order valence-corrected chi connectivity index (χ1v) is 9.44. The molecule has 1 aromatic heterocycles. The minimum absolute atomic E-state index is 0.0853. The maximum Gasteiger partial charge on any atom is 0.317 e. The molecule has 7 nitrogen and oxygen atoms in total. The van der Waals surface area contributed by atoms with Crippen molar-refractivity contribution in [1.29, 1.82) is 0 Å². The maximum atomic E-state index is 12.5. The fourth-order valence-electron chi connectivity index (χ4n) is 3.09. The molecular weight excluding hydrogens is 346 g/mol. The Morgan fingerprint density at radius 2 is 2.30 bits per heavy atom. The lowest BCUT2D eigenvalue weighted by Gasteiger charge is -2.24. The third kappa shape index (κ3) is 5.23. The molecule has 2 aromatic rings. The molecule has 1 aliphatic heterocycles. The predicted octanol–water partition coefficient (Wildman–Crippen LogP) is 3.45. The van der Waals surface area contributed by atoms with Gasteiger partial charge in [-0.15, -0.1) is 0 Å². The third-order valence-corrected chi connectivity index (χ3v) is 4.53. The van der Waals surface area contributed by atoms with Crippen molar-refractivity contribution in [3.05, 3.63) is 36.0 Å². The Labute approximate surface area is 159 Å². The van der Waals surface area contributed by atoms with E-state index in [9.17, 15) is 4.79 Å². The zero-order valence-electron chi connectivity index (χ0n) is 15.9. The van der Waals surface area contributed by atoms with E-state index >= 15 is 0 Å². The van der Waals surface area contributed by atoms with Gasteiger partial charge in [0.05, 0.1) is 19.8 Å². The predicted molar refractivity (Wildman–Crippen MR) is 102 cm³/mol. The molecular formula is C20H27N3O4. The van der Waals surface area contributed by atoms with Gasteiger partial charge in [0.15, 0.2) is 5.76 Å². The second-order valence-corrected chi connectivity index (χ2v) is 6.66. The number of hydrogen-bond acceptors (Lipinski definition) is 5. The molecule has 2 amide bonds. The molecule has 1 fully saturated rings. The highest BCUT2D eigenvalue weighted by Crippen LogP contribution is 2.25. The molecule has 0 spiro atoms. The van der Waals surface area contributed by atoms with Gasteiger partial charge in [0, 0.05) is 31.3 Å². The molecule has 1 N–H and O–H groups in total. The maximum absolute atomic E-state index is 12.5. The van der Waals surface area contributed by atoms with Crippen molar-refractivity contribution in [1.82, 2.24) is 15.4 Å². The molecule has 0 aliphatic carbocycles. The summed E-state index contributed by atoms with van der Waals surface area (Å²) in [6.07, 6.45) is 3.00. The Morgan fingerprint density at radius 1 is 1.41 bits per heavy atom. The Bertz CT molecular complexity index is 740. The van der Waals surface area contributed by atoms with Crippen molar-refractivity contribution in [2.45, 2.75) is 38.8 Å². The normalized spacial score (nSPS) is 16.3. The Hall–Kier alpha value is -2.54. The standard InChI is InChI=1S/C20H27N3O4/c1-3-9-21-20(24)23(14-18-8-5-10-26-18)13-16-12-19(27-22-16)15-6-4-7-17(11-15)25-2/h4,6-7,11-12,18H,3,5,8-10,13-14H2,1-2H3,(H,21,24)/t18-/m0/s1. The van der Waals surface area contributed by atoms with Gasteiger partial charge in [-0.2, -0.15) is 0 Å². The van der Waals surface area contributed by atoms with E-state index in [4.69, 9.17) is 14.0 Å². The van der Waals surface area contributed by atoms with Gasteiger partial charge in [0.25, 0.3) is 0 Å². The number of urea groups is 1. The van der Waals surface area contributed by atoms with Crippen LogP contribution in [-0.2, 0) is 11.3 Å². The third-order valence-electron chi connectivity index (χ3n) is 4.53. The molecule has 3 rings (SSSR count). The van der Waals surface area contributed by atoms with E-state index in [1.165, 1.54) is 0 Å². The Kier molecular flexibility index (Phi) is 6.70. The van der Waals surface area contributed by atoms with Crippen LogP contribution in [0.1, 0.15) is 31.9 Å². The topological polar surface area (TPSA) is 76.8 Å². The highest BCUT2D eigenvalue weighted by Gasteiger charge is 2.23. The van der Waals surface area contributed by atoms with Crippen LogP contribution in [0, 0.1) is 0 Å². The molecule has 0 saturated carbocycles. The van der Waals surface area contributed by atoms with Crippen LogP contribution in [0.5, 0.6) is 5.75 Å². The number of rotatable bonds is 8. The number of carbonyl (C=O) groups is 1. The number of carbonyl (C=O) groups excluding carboxylic acids is 1. The lowest BCUT2D eigenvalue weighted by Crippen LogP contribution is -2.43. The Morgan fingerprint density at radius 3 is 3.04 bits per heavy atom. The van der Waals surface area contributed by atoms with Crippen LogP contribution in [0.4, 0.5) is 4.79 Å². The number of methoxy groups -OCH3 is 1. The smallest absolute Gasteiger partial charge is 0.317 e. The number of nitrogens with one attached hydrogen (secondary N) is 1. The number of nitrogens with zero attached hydrogens (tertiary/aromatic N) is 2. The van der Waals surface area contributed by atoms with Crippen molar-refractivity contribution >= 4 is 6.03 Å². The molecule has 0 bridgehead atoms. The highest BCUT2D eigenvalue weighted by molar-refractivity contribution is 5.74. The van der Waals surface area contributed by atoms with Crippen LogP contribution in [0.15, 0.2) is 34.9 Å². The molecule has 1 atom stereocenters. The average Bonchev–Trinajstić information content (AvgIpc) is 3.38. The second kappa shape index (κ2) is 9.41. The summed E-state index contributed by atoms with van der Waals surface area (Å²) in [7, 11) is 1.63. The SMILES string of the molecule is CCCNC(=O)N(Cc1cc(-c2cccc(OC)c2)on1)C[C@@H]1CCCO1. The zero-order chi connectivity index (χ0) is 19.1. The van der Waals surface area contributed by atoms with Gasteiger partial charge in [-0.3, -0.25) is 0 Å². The van der Waals surface area contributed by atoms with E-state index in [-0.39, 0.29) is 12.1 Å². The van der Waals surface area contributed by atoms with Crippen molar-refractivity contribution in [3.63, 3.8) is 0 Å². The van der Waals surface area contributed by atoms with Gasteiger partial charge in [0.1, 0.15) is 11.4 Å². The van der Waals surface area contributed by atoms with Gasteiger partial charge in [-0.05, 0) is 31.4 Å². The number of ether oxygens (including phenoxy) is 2. The molecule has 1 aliphatic rings. The molecule has 27 heavy (non-hydrogen) atoms. The molecule has 0 unspecified atom stereocenters. The van der Waals surface area contributed by atoms with E-state index < -0.39 is 0 Å². The van der Waals surface area contributed by atoms with Crippen molar-refractivity contribution < 1.29 is 18.8 Å². The van der Waals surface area contributed by atoms with Gasteiger partial charge in [-0.25, -0.2) is 4.79 Å². The van der Waals surface area contributed by atoms with E-state index in [1.807, 2.05) is 37.3 Å². The van der Waals surface area contributed by atoms with E-state index in [1.54, 1.807) is 12.0 Å². The summed E-state index contributed by atoms with van der Waals surface area (Å²) in [6, 6.07) is 9.37. The number of aromatic nitrogens is 1. The summed E-state index contributed by atoms with van der Waals surface area (Å²) < 4.78 is 16.4. The largest absolute Gasteiger partial charge is 0.497 e. The van der Waals surface area contributed by atoms with Crippen molar-refractivity contribution in [3.8, 4) is 17.1 Å². The lowest BCUT2D eigenvalue weighted by molar-refractivity contribution is 0.0789.